The second-order valence-electron chi connectivity index (χ2n) is 7.32. The molecule has 0 radical (unpaired) electrons. The molecule has 0 saturated carbocycles. The number of aromatic nitrogens is 1. The van der Waals surface area contributed by atoms with E-state index in [0.717, 1.165) is 16.5 Å². The van der Waals surface area contributed by atoms with Gasteiger partial charge in [0.1, 0.15) is 5.75 Å². The molecule has 0 aliphatic rings. The Kier molecular flexibility index (Phi) is 5.84. The molecule has 0 aliphatic heterocycles. The van der Waals surface area contributed by atoms with E-state index in [1.165, 1.54) is 24.3 Å². The zero-order chi connectivity index (χ0) is 22.9. The van der Waals surface area contributed by atoms with Crippen LogP contribution in [-0.2, 0) is 13.0 Å². The number of hydrogen-bond donors (Lipinski definition) is 1. The predicted molar refractivity (Wildman–Crippen MR) is 115 cm³/mol. The number of nitrogens with zero attached hydrogens (tertiary/aromatic N) is 1. The van der Waals surface area contributed by atoms with Crippen molar-refractivity contribution in [1.29, 1.82) is 0 Å². The van der Waals surface area contributed by atoms with Gasteiger partial charge in [-0.1, -0.05) is 35.9 Å². The molecule has 164 valence electrons. The number of benzene rings is 3. The van der Waals surface area contributed by atoms with Crippen molar-refractivity contribution in [3.8, 4) is 5.75 Å². The van der Waals surface area contributed by atoms with Gasteiger partial charge in [-0.05, 0) is 71.0 Å². The van der Waals surface area contributed by atoms with Crippen LogP contribution in [0.2, 0.25) is 5.02 Å². The summed E-state index contributed by atoms with van der Waals surface area (Å²) in [6.45, 7) is 0.373. The lowest BCUT2D eigenvalue weighted by molar-refractivity contribution is -0.274. The Labute approximate surface area is 186 Å². The van der Waals surface area contributed by atoms with E-state index in [0.29, 0.717) is 29.1 Å². The SMILES string of the molecule is O=C(O)c1cc(Cl)ccc1Cc1ccc2c(ccn2Cc2cccc(OC(F)(F)F)c2)c1. The maximum absolute atomic E-state index is 12.5. The van der Waals surface area contributed by atoms with Gasteiger partial charge in [0.25, 0.3) is 0 Å². The third-order valence-electron chi connectivity index (χ3n) is 5.02. The molecule has 0 unspecified atom stereocenters. The van der Waals surface area contributed by atoms with E-state index in [2.05, 4.69) is 4.74 Å². The van der Waals surface area contributed by atoms with Crippen molar-refractivity contribution in [3.05, 3.63) is 100 Å². The number of carboxylic acids is 1. The third kappa shape index (κ3) is 5.06. The summed E-state index contributed by atoms with van der Waals surface area (Å²) in [4.78, 5) is 11.5. The number of hydrogen-bond acceptors (Lipinski definition) is 2. The normalized spacial score (nSPS) is 11.6. The number of carbonyl (C=O) groups is 1. The fraction of sp³-hybridized carbons (Fsp3) is 0.125. The number of alkyl halides is 3. The summed E-state index contributed by atoms with van der Waals surface area (Å²) in [6.07, 6.45) is -2.45. The number of halogens is 4. The standard InChI is InChI=1S/C24H17ClF3NO3/c25-19-6-5-17(21(13-19)23(30)31)10-15-4-7-22-18(11-15)8-9-29(22)14-16-2-1-3-20(12-16)32-24(26,27)28/h1-9,11-13H,10,14H2,(H,30,31). The number of carboxylic acid groups (broad SMARTS) is 1. The Morgan fingerprint density at radius 2 is 1.81 bits per heavy atom. The van der Waals surface area contributed by atoms with Gasteiger partial charge in [-0.15, -0.1) is 13.2 Å². The lowest BCUT2D eigenvalue weighted by Gasteiger charge is -2.11. The molecule has 32 heavy (non-hydrogen) atoms. The first kappa shape index (κ1) is 21.8. The number of rotatable bonds is 6. The van der Waals surface area contributed by atoms with E-state index in [9.17, 15) is 23.1 Å². The molecular weight excluding hydrogens is 443 g/mol. The second kappa shape index (κ2) is 8.59. The van der Waals surface area contributed by atoms with E-state index in [1.807, 2.05) is 35.0 Å². The van der Waals surface area contributed by atoms with Gasteiger partial charge in [0.05, 0.1) is 5.56 Å². The Morgan fingerprint density at radius 3 is 2.56 bits per heavy atom. The largest absolute Gasteiger partial charge is 0.573 e. The highest BCUT2D eigenvalue weighted by molar-refractivity contribution is 6.31. The van der Waals surface area contributed by atoms with Crippen LogP contribution in [0, 0.1) is 0 Å². The van der Waals surface area contributed by atoms with Crippen molar-refractivity contribution in [2.45, 2.75) is 19.3 Å². The van der Waals surface area contributed by atoms with Gasteiger partial charge in [-0.3, -0.25) is 0 Å². The molecule has 4 nitrogen and oxygen atoms in total. The van der Waals surface area contributed by atoms with E-state index in [-0.39, 0.29) is 11.3 Å². The lowest BCUT2D eigenvalue weighted by atomic mass is 9.99. The van der Waals surface area contributed by atoms with Crippen LogP contribution in [0.5, 0.6) is 5.75 Å². The minimum absolute atomic E-state index is 0.163. The maximum atomic E-state index is 12.5. The van der Waals surface area contributed by atoms with Crippen LogP contribution in [0.3, 0.4) is 0 Å². The van der Waals surface area contributed by atoms with Gasteiger partial charge in [0.2, 0.25) is 0 Å². The summed E-state index contributed by atoms with van der Waals surface area (Å²) in [5.74, 6) is -1.29. The van der Waals surface area contributed by atoms with Crippen LogP contribution in [0.4, 0.5) is 13.2 Å². The summed E-state index contributed by atoms with van der Waals surface area (Å²) in [7, 11) is 0. The molecule has 8 heteroatoms. The van der Waals surface area contributed by atoms with Gasteiger partial charge in [0, 0.05) is 23.3 Å². The molecule has 0 atom stereocenters. The summed E-state index contributed by atoms with van der Waals surface area (Å²) in [6, 6.07) is 18.4. The Balaban J connectivity index is 1.57. The van der Waals surface area contributed by atoms with Gasteiger partial charge >= 0.3 is 12.3 Å². The van der Waals surface area contributed by atoms with E-state index >= 15 is 0 Å². The van der Waals surface area contributed by atoms with Crippen molar-refractivity contribution in [2.24, 2.45) is 0 Å². The summed E-state index contributed by atoms with van der Waals surface area (Å²) >= 11 is 5.92. The lowest BCUT2D eigenvalue weighted by Crippen LogP contribution is -2.17. The summed E-state index contributed by atoms with van der Waals surface area (Å²) < 4.78 is 43.3. The van der Waals surface area contributed by atoms with Crippen LogP contribution < -0.4 is 4.74 Å². The first-order chi connectivity index (χ1) is 15.2. The van der Waals surface area contributed by atoms with Gasteiger partial charge in [-0.25, -0.2) is 4.79 Å². The molecule has 4 rings (SSSR count). The predicted octanol–water partition coefficient (Wildman–Crippen LogP) is 6.53. The van der Waals surface area contributed by atoms with Crippen molar-refractivity contribution in [1.82, 2.24) is 4.57 Å². The molecule has 0 aliphatic carbocycles. The third-order valence-corrected chi connectivity index (χ3v) is 5.25. The van der Waals surface area contributed by atoms with Crippen LogP contribution in [0.25, 0.3) is 10.9 Å². The fourth-order valence-electron chi connectivity index (χ4n) is 3.66. The summed E-state index contributed by atoms with van der Waals surface area (Å²) in [5, 5.41) is 10.7. The van der Waals surface area contributed by atoms with Gasteiger partial charge < -0.3 is 14.4 Å². The Bertz CT molecular complexity index is 1300. The fourth-order valence-corrected chi connectivity index (χ4v) is 3.83. The molecule has 3 aromatic carbocycles. The molecule has 0 amide bonds. The summed E-state index contributed by atoms with van der Waals surface area (Å²) in [5.41, 5.74) is 3.32. The van der Waals surface area contributed by atoms with E-state index in [1.54, 1.807) is 18.2 Å². The van der Waals surface area contributed by atoms with Crippen molar-refractivity contribution < 1.29 is 27.8 Å². The minimum atomic E-state index is -4.74. The highest BCUT2D eigenvalue weighted by atomic mass is 35.5. The van der Waals surface area contributed by atoms with Crippen molar-refractivity contribution >= 4 is 28.5 Å². The number of ether oxygens (including phenoxy) is 1. The molecule has 4 aromatic rings. The minimum Gasteiger partial charge on any atom is -0.478 e. The smallest absolute Gasteiger partial charge is 0.478 e. The van der Waals surface area contributed by atoms with Gasteiger partial charge in [0.15, 0.2) is 0 Å². The molecule has 1 aromatic heterocycles. The first-order valence-electron chi connectivity index (χ1n) is 9.62. The topological polar surface area (TPSA) is 51.5 Å². The average molecular weight is 460 g/mol. The molecule has 0 saturated heterocycles. The van der Waals surface area contributed by atoms with Gasteiger partial charge in [-0.2, -0.15) is 0 Å². The molecule has 1 heterocycles. The first-order valence-corrected chi connectivity index (χ1v) is 10.00. The van der Waals surface area contributed by atoms with E-state index in [4.69, 9.17) is 11.6 Å². The number of aromatic carboxylic acids is 1. The molecular formula is C24H17ClF3NO3. The number of fused-ring (bicyclic) bond motifs is 1. The Morgan fingerprint density at radius 1 is 1.00 bits per heavy atom. The van der Waals surface area contributed by atoms with Crippen molar-refractivity contribution in [3.63, 3.8) is 0 Å². The average Bonchev–Trinajstić information content (AvgIpc) is 3.10. The highest BCUT2D eigenvalue weighted by Gasteiger charge is 2.31. The second-order valence-corrected chi connectivity index (χ2v) is 7.75. The Hall–Kier alpha value is -3.45. The zero-order valence-electron chi connectivity index (χ0n) is 16.6. The molecule has 1 N–H and O–H groups in total. The van der Waals surface area contributed by atoms with Crippen LogP contribution in [0.1, 0.15) is 27.0 Å². The molecule has 0 spiro atoms. The monoisotopic (exact) mass is 459 g/mol. The van der Waals surface area contributed by atoms with Crippen molar-refractivity contribution in [2.75, 3.05) is 0 Å². The highest BCUT2D eigenvalue weighted by Crippen LogP contribution is 2.26. The van der Waals surface area contributed by atoms with Crippen LogP contribution in [-0.4, -0.2) is 22.0 Å². The van der Waals surface area contributed by atoms with E-state index < -0.39 is 12.3 Å². The molecule has 0 bridgehead atoms. The van der Waals surface area contributed by atoms with Crippen LogP contribution in [0.15, 0.2) is 72.9 Å². The maximum Gasteiger partial charge on any atom is 0.573 e. The molecule has 0 fully saturated rings. The zero-order valence-corrected chi connectivity index (χ0v) is 17.3. The quantitative estimate of drug-likeness (QED) is 0.356. The van der Waals surface area contributed by atoms with Crippen LogP contribution >= 0.6 is 11.6 Å².